The normalized spacial score (nSPS) is 11.2. The molecule has 2 rings (SSSR count). The summed E-state index contributed by atoms with van der Waals surface area (Å²) in [6.45, 7) is 3.77. The van der Waals surface area contributed by atoms with Crippen LogP contribution in [0.5, 0.6) is 0 Å². The summed E-state index contributed by atoms with van der Waals surface area (Å²) in [5.74, 6) is -0.657. The SMILES string of the molecule is CCOC(=O)/C(=C/c1cccn2cc(C)nc12)N=[N+]=[N-]. The molecule has 0 atom stereocenters. The van der Waals surface area contributed by atoms with Crippen LogP contribution in [0.25, 0.3) is 22.2 Å². The van der Waals surface area contributed by atoms with Crippen LogP contribution in [0.2, 0.25) is 0 Å². The van der Waals surface area contributed by atoms with Crippen LogP contribution in [0.4, 0.5) is 0 Å². The first-order valence-electron chi connectivity index (χ1n) is 6.04. The number of ether oxygens (including phenoxy) is 1. The van der Waals surface area contributed by atoms with Crippen molar-refractivity contribution >= 4 is 17.7 Å². The van der Waals surface area contributed by atoms with Gasteiger partial charge in [0.05, 0.1) is 12.3 Å². The Labute approximate surface area is 115 Å². The number of azide groups is 1. The van der Waals surface area contributed by atoms with Crippen LogP contribution >= 0.6 is 0 Å². The summed E-state index contributed by atoms with van der Waals surface area (Å²) in [6, 6.07) is 3.60. The standard InChI is InChI=1S/C13H13N5O2/c1-3-20-13(19)11(16-17-14)7-10-5-4-6-18-8-9(2)15-12(10)18/h4-8H,3H2,1-2H3/b11-7-. The number of pyridine rings is 1. The van der Waals surface area contributed by atoms with Crippen LogP contribution in [-0.2, 0) is 9.53 Å². The topological polar surface area (TPSA) is 92.4 Å². The third-order valence-electron chi connectivity index (χ3n) is 2.56. The van der Waals surface area contributed by atoms with E-state index in [2.05, 4.69) is 15.0 Å². The molecule has 0 amide bonds. The van der Waals surface area contributed by atoms with Gasteiger partial charge in [-0.1, -0.05) is 5.11 Å². The van der Waals surface area contributed by atoms with Crippen LogP contribution in [0.1, 0.15) is 18.2 Å². The molecule has 2 aromatic heterocycles. The minimum absolute atomic E-state index is 0.0943. The van der Waals surface area contributed by atoms with Gasteiger partial charge in [-0.05, 0) is 37.6 Å². The Hall–Kier alpha value is -2.79. The molecule has 0 aliphatic carbocycles. The predicted molar refractivity (Wildman–Crippen MR) is 73.7 cm³/mol. The van der Waals surface area contributed by atoms with E-state index in [4.69, 9.17) is 10.3 Å². The van der Waals surface area contributed by atoms with Crippen molar-refractivity contribution in [3.05, 3.63) is 51.9 Å². The van der Waals surface area contributed by atoms with Gasteiger partial charge >= 0.3 is 5.97 Å². The van der Waals surface area contributed by atoms with Gasteiger partial charge in [-0.2, -0.15) is 0 Å². The number of hydrogen-bond donors (Lipinski definition) is 0. The number of imidazole rings is 1. The van der Waals surface area contributed by atoms with Crippen molar-refractivity contribution in [2.24, 2.45) is 5.11 Å². The Morgan fingerprint density at radius 1 is 1.65 bits per heavy atom. The highest BCUT2D eigenvalue weighted by Crippen LogP contribution is 2.16. The summed E-state index contributed by atoms with van der Waals surface area (Å²) in [6.07, 6.45) is 5.19. The fourth-order valence-corrected chi connectivity index (χ4v) is 1.80. The number of aromatic nitrogens is 2. The highest BCUT2D eigenvalue weighted by atomic mass is 16.5. The first kappa shape index (κ1) is 13.6. The molecule has 7 nitrogen and oxygen atoms in total. The molecule has 0 aromatic carbocycles. The lowest BCUT2D eigenvalue weighted by atomic mass is 10.2. The highest BCUT2D eigenvalue weighted by Gasteiger charge is 2.10. The van der Waals surface area contributed by atoms with Crippen LogP contribution in [0.3, 0.4) is 0 Å². The Balaban J connectivity index is 2.53. The average molecular weight is 271 g/mol. The van der Waals surface area contributed by atoms with Gasteiger partial charge in [0.15, 0.2) is 0 Å². The average Bonchev–Trinajstić information content (AvgIpc) is 2.80. The van der Waals surface area contributed by atoms with Gasteiger partial charge in [0.25, 0.3) is 0 Å². The van der Waals surface area contributed by atoms with Crippen molar-refractivity contribution in [3.63, 3.8) is 0 Å². The van der Waals surface area contributed by atoms with E-state index < -0.39 is 5.97 Å². The van der Waals surface area contributed by atoms with Crippen LogP contribution in [-0.4, -0.2) is 22.0 Å². The Morgan fingerprint density at radius 2 is 2.45 bits per heavy atom. The molecule has 20 heavy (non-hydrogen) atoms. The number of fused-ring (bicyclic) bond motifs is 1. The summed E-state index contributed by atoms with van der Waals surface area (Å²) >= 11 is 0. The fourth-order valence-electron chi connectivity index (χ4n) is 1.80. The molecule has 0 saturated carbocycles. The van der Waals surface area contributed by atoms with E-state index in [1.54, 1.807) is 13.0 Å². The molecule has 0 fully saturated rings. The maximum atomic E-state index is 11.7. The highest BCUT2D eigenvalue weighted by molar-refractivity contribution is 5.94. The van der Waals surface area contributed by atoms with E-state index in [-0.39, 0.29) is 12.3 Å². The molecule has 2 heterocycles. The number of rotatable bonds is 4. The van der Waals surface area contributed by atoms with Crippen LogP contribution in [0.15, 0.2) is 35.3 Å². The first-order chi connectivity index (χ1) is 9.65. The Morgan fingerprint density at radius 3 is 3.15 bits per heavy atom. The van der Waals surface area contributed by atoms with E-state index in [0.717, 1.165) is 5.69 Å². The number of nitrogens with zero attached hydrogens (tertiary/aromatic N) is 5. The molecule has 0 aliphatic heterocycles. The summed E-state index contributed by atoms with van der Waals surface area (Å²) in [5, 5.41) is 3.38. The molecule has 0 N–H and O–H groups in total. The maximum absolute atomic E-state index is 11.7. The number of carbonyl (C=O) groups is 1. The van der Waals surface area contributed by atoms with E-state index >= 15 is 0 Å². The summed E-state index contributed by atoms with van der Waals surface area (Å²) in [4.78, 5) is 18.7. The molecule has 0 saturated heterocycles. The zero-order chi connectivity index (χ0) is 14.5. The molecule has 2 aromatic rings. The molecule has 7 heteroatoms. The van der Waals surface area contributed by atoms with Crippen molar-refractivity contribution in [1.82, 2.24) is 9.38 Å². The third kappa shape index (κ3) is 2.78. The minimum Gasteiger partial charge on any atom is -0.462 e. The number of carbonyl (C=O) groups excluding carboxylic acids is 1. The quantitative estimate of drug-likeness (QED) is 0.281. The lowest BCUT2D eigenvalue weighted by Crippen LogP contribution is -2.05. The van der Waals surface area contributed by atoms with Gasteiger partial charge in [-0.25, -0.2) is 9.78 Å². The second-order valence-corrected chi connectivity index (χ2v) is 4.02. The van der Waals surface area contributed by atoms with E-state index in [1.165, 1.54) is 6.08 Å². The van der Waals surface area contributed by atoms with Gasteiger partial charge in [-0.15, -0.1) is 0 Å². The minimum atomic E-state index is -0.657. The summed E-state index contributed by atoms with van der Waals surface area (Å²) in [7, 11) is 0. The summed E-state index contributed by atoms with van der Waals surface area (Å²) in [5.41, 5.74) is 10.7. The van der Waals surface area contributed by atoms with Gasteiger partial charge in [0, 0.05) is 22.9 Å². The molecule has 0 aliphatic rings. The predicted octanol–water partition coefficient (Wildman–Crippen LogP) is 2.86. The second-order valence-electron chi connectivity index (χ2n) is 4.02. The molecule has 0 bridgehead atoms. The molecule has 0 spiro atoms. The Bertz CT molecular complexity index is 725. The van der Waals surface area contributed by atoms with Crippen LogP contribution < -0.4 is 0 Å². The van der Waals surface area contributed by atoms with Crippen LogP contribution in [0, 0.1) is 6.92 Å². The van der Waals surface area contributed by atoms with Crippen molar-refractivity contribution < 1.29 is 9.53 Å². The van der Waals surface area contributed by atoms with E-state index in [0.29, 0.717) is 11.2 Å². The van der Waals surface area contributed by atoms with Crippen molar-refractivity contribution in [2.75, 3.05) is 6.61 Å². The molecule has 0 unspecified atom stereocenters. The van der Waals surface area contributed by atoms with E-state index in [1.807, 2.05) is 29.8 Å². The van der Waals surface area contributed by atoms with Gasteiger partial charge in [0.1, 0.15) is 11.3 Å². The lowest BCUT2D eigenvalue weighted by molar-refractivity contribution is -0.138. The van der Waals surface area contributed by atoms with Gasteiger partial charge < -0.3 is 9.14 Å². The Kier molecular flexibility index (Phi) is 4.02. The number of aryl methyl sites for hydroxylation is 1. The first-order valence-corrected chi connectivity index (χ1v) is 6.04. The second kappa shape index (κ2) is 5.90. The van der Waals surface area contributed by atoms with Gasteiger partial charge in [-0.3, -0.25) is 0 Å². The zero-order valence-corrected chi connectivity index (χ0v) is 11.1. The third-order valence-corrected chi connectivity index (χ3v) is 2.56. The fraction of sp³-hybridized carbons (Fsp3) is 0.231. The molecular formula is C13H13N5O2. The van der Waals surface area contributed by atoms with Crippen molar-refractivity contribution in [3.8, 4) is 0 Å². The smallest absolute Gasteiger partial charge is 0.340 e. The monoisotopic (exact) mass is 271 g/mol. The lowest BCUT2D eigenvalue weighted by Gasteiger charge is -2.02. The molecule has 102 valence electrons. The zero-order valence-electron chi connectivity index (χ0n) is 11.1. The number of hydrogen-bond acceptors (Lipinski definition) is 4. The summed E-state index contributed by atoms with van der Waals surface area (Å²) < 4.78 is 6.68. The van der Waals surface area contributed by atoms with Crippen molar-refractivity contribution in [1.29, 1.82) is 0 Å². The maximum Gasteiger partial charge on any atom is 0.340 e. The largest absolute Gasteiger partial charge is 0.462 e. The number of esters is 1. The van der Waals surface area contributed by atoms with Crippen molar-refractivity contribution in [2.45, 2.75) is 13.8 Å². The molecule has 0 radical (unpaired) electrons. The molecular weight excluding hydrogens is 258 g/mol. The van der Waals surface area contributed by atoms with Gasteiger partial charge in [0.2, 0.25) is 0 Å². The van der Waals surface area contributed by atoms with E-state index in [9.17, 15) is 4.79 Å².